The molecule has 0 bridgehead atoms. The Kier molecular flexibility index (Phi) is 5.73. The highest BCUT2D eigenvalue weighted by Crippen LogP contribution is 1.95. The molecule has 0 amide bonds. The lowest BCUT2D eigenvalue weighted by Crippen LogP contribution is -1.80. The van der Waals surface area contributed by atoms with E-state index in [-0.39, 0.29) is 5.78 Å². The summed E-state index contributed by atoms with van der Waals surface area (Å²) in [7, 11) is 0. The monoisotopic (exact) mass is 144 g/mol. The fourth-order valence-electron chi connectivity index (χ4n) is 0.435. The van der Waals surface area contributed by atoms with E-state index in [1.807, 2.05) is 6.08 Å². The van der Waals surface area contributed by atoms with Crippen LogP contribution >= 0.6 is 11.8 Å². The molecule has 0 fully saturated rings. The quantitative estimate of drug-likeness (QED) is 0.442. The van der Waals surface area contributed by atoms with Gasteiger partial charge in [-0.05, 0) is 31.4 Å². The van der Waals surface area contributed by atoms with Gasteiger partial charge in [0.1, 0.15) is 0 Å². The van der Waals surface area contributed by atoms with Crippen LogP contribution < -0.4 is 0 Å². The molecule has 0 spiro atoms. The van der Waals surface area contributed by atoms with Crippen LogP contribution in [0.1, 0.15) is 13.3 Å². The van der Waals surface area contributed by atoms with Crippen molar-refractivity contribution in [3.63, 3.8) is 0 Å². The minimum Gasteiger partial charge on any atom is -0.295 e. The fourth-order valence-corrected chi connectivity index (χ4v) is 0.807. The van der Waals surface area contributed by atoms with Crippen LogP contribution in [0.25, 0.3) is 0 Å². The van der Waals surface area contributed by atoms with Gasteiger partial charge in [-0.25, -0.2) is 0 Å². The molecule has 0 aliphatic rings. The minimum absolute atomic E-state index is 0.135. The first-order valence-electron chi connectivity index (χ1n) is 2.93. The van der Waals surface area contributed by atoms with Crippen LogP contribution in [0.3, 0.4) is 0 Å². The third kappa shape index (κ3) is 7.76. The summed E-state index contributed by atoms with van der Waals surface area (Å²) in [5, 5.41) is 0. The third-order valence-electron chi connectivity index (χ3n) is 0.841. The van der Waals surface area contributed by atoms with Crippen molar-refractivity contribution in [3.05, 3.63) is 12.2 Å². The van der Waals surface area contributed by atoms with Crippen LogP contribution in [0.15, 0.2) is 12.2 Å². The lowest BCUT2D eigenvalue weighted by molar-refractivity contribution is -0.112. The van der Waals surface area contributed by atoms with Gasteiger partial charge in [0.25, 0.3) is 0 Å². The molecular formula is C7H12OS. The predicted molar refractivity (Wildman–Crippen MR) is 42.8 cm³/mol. The van der Waals surface area contributed by atoms with E-state index in [2.05, 4.69) is 6.26 Å². The highest BCUT2D eigenvalue weighted by atomic mass is 32.2. The summed E-state index contributed by atoms with van der Waals surface area (Å²) >= 11 is 1.79. The number of carbonyl (C=O) groups excluding carboxylic acids is 1. The van der Waals surface area contributed by atoms with Crippen molar-refractivity contribution in [2.24, 2.45) is 0 Å². The Morgan fingerprint density at radius 2 is 2.33 bits per heavy atom. The summed E-state index contributed by atoms with van der Waals surface area (Å²) < 4.78 is 0. The van der Waals surface area contributed by atoms with Gasteiger partial charge in [-0.15, -0.1) is 0 Å². The summed E-state index contributed by atoms with van der Waals surface area (Å²) in [5.41, 5.74) is 0. The Morgan fingerprint density at radius 3 is 2.78 bits per heavy atom. The van der Waals surface area contributed by atoms with E-state index in [0.29, 0.717) is 0 Å². The van der Waals surface area contributed by atoms with Gasteiger partial charge in [-0.1, -0.05) is 6.08 Å². The maximum absolute atomic E-state index is 10.3. The molecule has 9 heavy (non-hydrogen) atoms. The predicted octanol–water partition coefficient (Wildman–Crippen LogP) is 1.88. The van der Waals surface area contributed by atoms with Crippen LogP contribution in [0.4, 0.5) is 0 Å². The van der Waals surface area contributed by atoms with Crippen LogP contribution in [0.5, 0.6) is 0 Å². The maximum atomic E-state index is 10.3. The molecule has 0 rings (SSSR count). The van der Waals surface area contributed by atoms with Gasteiger partial charge >= 0.3 is 0 Å². The molecule has 0 aromatic heterocycles. The fraction of sp³-hybridized carbons (Fsp3) is 0.571. The van der Waals surface area contributed by atoms with Crippen LogP contribution in [-0.4, -0.2) is 17.8 Å². The number of carbonyl (C=O) groups is 1. The van der Waals surface area contributed by atoms with Crippen molar-refractivity contribution in [1.82, 2.24) is 0 Å². The van der Waals surface area contributed by atoms with Gasteiger partial charge < -0.3 is 0 Å². The van der Waals surface area contributed by atoms with E-state index in [4.69, 9.17) is 0 Å². The lowest BCUT2D eigenvalue weighted by Gasteiger charge is -1.85. The zero-order valence-corrected chi connectivity index (χ0v) is 6.70. The number of ketones is 1. The van der Waals surface area contributed by atoms with E-state index >= 15 is 0 Å². The topological polar surface area (TPSA) is 17.1 Å². The average Bonchev–Trinajstić information content (AvgIpc) is 1.80. The van der Waals surface area contributed by atoms with E-state index in [9.17, 15) is 4.79 Å². The standard InChI is InChI=1S/C7H12OS/c1-7(8)5-3-4-6-9-2/h3,5H,4,6H2,1-2H3/b5-3+. The Bertz CT molecular complexity index is 107. The number of hydrogen-bond acceptors (Lipinski definition) is 2. The van der Waals surface area contributed by atoms with E-state index in [1.54, 1.807) is 24.8 Å². The second kappa shape index (κ2) is 5.89. The number of hydrogen-bond donors (Lipinski definition) is 0. The first kappa shape index (κ1) is 8.76. The number of allylic oxidation sites excluding steroid dienone is 2. The minimum atomic E-state index is 0.135. The molecule has 0 aliphatic carbocycles. The van der Waals surface area contributed by atoms with Crippen molar-refractivity contribution in [2.75, 3.05) is 12.0 Å². The molecule has 0 aliphatic heterocycles. The number of thioether (sulfide) groups is 1. The summed E-state index contributed by atoms with van der Waals surface area (Å²) in [5.74, 6) is 1.24. The molecule has 0 radical (unpaired) electrons. The molecule has 0 saturated heterocycles. The first-order valence-corrected chi connectivity index (χ1v) is 4.33. The Morgan fingerprint density at radius 1 is 1.67 bits per heavy atom. The zero-order valence-electron chi connectivity index (χ0n) is 5.89. The molecule has 0 N–H and O–H groups in total. The van der Waals surface area contributed by atoms with Crippen molar-refractivity contribution in [1.29, 1.82) is 0 Å². The summed E-state index contributed by atoms with van der Waals surface area (Å²) in [4.78, 5) is 10.3. The van der Waals surface area contributed by atoms with Crippen molar-refractivity contribution in [3.8, 4) is 0 Å². The van der Waals surface area contributed by atoms with Gasteiger partial charge in [-0.2, -0.15) is 11.8 Å². The second-order valence-electron chi connectivity index (χ2n) is 1.79. The zero-order chi connectivity index (χ0) is 7.11. The largest absolute Gasteiger partial charge is 0.295 e. The Hall–Kier alpha value is -0.240. The Balaban J connectivity index is 3.15. The summed E-state index contributed by atoms with van der Waals surface area (Å²) in [6, 6.07) is 0. The maximum Gasteiger partial charge on any atom is 0.152 e. The first-order chi connectivity index (χ1) is 4.27. The summed E-state index contributed by atoms with van der Waals surface area (Å²) in [6.07, 6.45) is 6.59. The SMILES string of the molecule is CSCC/C=C/C(C)=O. The van der Waals surface area contributed by atoms with Gasteiger partial charge in [0, 0.05) is 0 Å². The molecule has 0 aromatic carbocycles. The number of rotatable bonds is 4. The van der Waals surface area contributed by atoms with Crippen LogP contribution in [0, 0.1) is 0 Å². The molecule has 0 unspecified atom stereocenters. The molecule has 1 nitrogen and oxygen atoms in total. The lowest BCUT2D eigenvalue weighted by atomic mass is 10.3. The molecule has 0 heterocycles. The summed E-state index contributed by atoms with van der Waals surface area (Å²) in [6.45, 7) is 1.57. The normalized spacial score (nSPS) is 10.4. The van der Waals surface area contributed by atoms with E-state index in [0.717, 1.165) is 12.2 Å². The van der Waals surface area contributed by atoms with Crippen molar-refractivity contribution in [2.45, 2.75) is 13.3 Å². The van der Waals surface area contributed by atoms with Gasteiger partial charge in [0.15, 0.2) is 5.78 Å². The van der Waals surface area contributed by atoms with Crippen LogP contribution in [-0.2, 0) is 4.79 Å². The highest BCUT2D eigenvalue weighted by Gasteiger charge is 1.80. The van der Waals surface area contributed by atoms with Crippen molar-refractivity contribution < 1.29 is 4.79 Å². The van der Waals surface area contributed by atoms with Gasteiger partial charge in [0.05, 0.1) is 0 Å². The van der Waals surface area contributed by atoms with Crippen molar-refractivity contribution >= 4 is 17.5 Å². The molecular weight excluding hydrogens is 132 g/mol. The van der Waals surface area contributed by atoms with Gasteiger partial charge in [0.2, 0.25) is 0 Å². The van der Waals surface area contributed by atoms with E-state index in [1.165, 1.54) is 0 Å². The third-order valence-corrected chi connectivity index (χ3v) is 1.49. The highest BCUT2D eigenvalue weighted by molar-refractivity contribution is 7.98. The molecule has 0 atom stereocenters. The second-order valence-corrected chi connectivity index (χ2v) is 2.78. The Labute approximate surface area is 60.5 Å². The molecule has 52 valence electrons. The molecule has 0 saturated carbocycles. The smallest absolute Gasteiger partial charge is 0.152 e. The molecule has 2 heteroatoms. The van der Waals surface area contributed by atoms with Gasteiger partial charge in [-0.3, -0.25) is 4.79 Å². The molecule has 0 aromatic rings. The van der Waals surface area contributed by atoms with E-state index < -0.39 is 0 Å². The van der Waals surface area contributed by atoms with Crippen LogP contribution in [0.2, 0.25) is 0 Å². The average molecular weight is 144 g/mol.